The van der Waals surface area contributed by atoms with Gasteiger partial charge in [-0.15, -0.1) is 0 Å². The first-order chi connectivity index (χ1) is 8.96. The highest BCUT2D eigenvalue weighted by Gasteiger charge is 2.44. The minimum atomic E-state index is -0.636. The van der Waals surface area contributed by atoms with Crippen LogP contribution in [-0.4, -0.2) is 35.2 Å². The molecule has 0 aliphatic carbocycles. The smallest absolute Gasteiger partial charge is 0.235 e. The lowest BCUT2D eigenvalue weighted by Crippen LogP contribution is -2.42. The molecule has 6 nitrogen and oxygen atoms in total. The van der Waals surface area contributed by atoms with E-state index in [0.29, 0.717) is 31.0 Å². The monoisotopic (exact) mass is 265 g/mol. The molecule has 1 amide bonds. The molecule has 2 heterocycles. The van der Waals surface area contributed by atoms with E-state index in [0.717, 1.165) is 5.69 Å². The fraction of sp³-hybridized carbons (Fsp3) is 0.615. The van der Waals surface area contributed by atoms with Crippen molar-refractivity contribution in [2.75, 3.05) is 13.7 Å². The quantitative estimate of drug-likeness (QED) is 0.862. The number of primary amides is 1. The first-order valence-corrected chi connectivity index (χ1v) is 6.26. The van der Waals surface area contributed by atoms with Crippen LogP contribution in [0, 0.1) is 12.8 Å². The summed E-state index contributed by atoms with van der Waals surface area (Å²) in [6.45, 7) is 4.27. The number of aryl methyl sites for hydroxylation is 1. The van der Waals surface area contributed by atoms with Crippen LogP contribution in [0.25, 0.3) is 0 Å². The van der Waals surface area contributed by atoms with Gasteiger partial charge in [0.05, 0.1) is 24.3 Å². The van der Waals surface area contributed by atoms with Crippen molar-refractivity contribution in [2.45, 2.75) is 32.3 Å². The minimum absolute atomic E-state index is 0.305. The van der Waals surface area contributed by atoms with Gasteiger partial charge < -0.3 is 15.2 Å². The number of carbonyl (C=O) groups is 1. The summed E-state index contributed by atoms with van der Waals surface area (Å²) in [6, 6.07) is 0. The van der Waals surface area contributed by atoms with Gasteiger partial charge in [0.15, 0.2) is 0 Å². The van der Waals surface area contributed by atoms with E-state index in [1.807, 2.05) is 13.8 Å². The van der Waals surface area contributed by atoms with E-state index in [2.05, 4.69) is 9.97 Å². The van der Waals surface area contributed by atoms with Gasteiger partial charge >= 0.3 is 0 Å². The first-order valence-electron chi connectivity index (χ1n) is 6.26. The number of amides is 1. The second kappa shape index (κ2) is 5.13. The number of carbonyl (C=O) groups excluding carboxylic acids is 1. The number of hydrogen-bond acceptors (Lipinski definition) is 5. The molecule has 104 valence electrons. The lowest BCUT2D eigenvalue weighted by Gasteiger charge is -2.28. The average Bonchev–Trinajstić information content (AvgIpc) is 2.73. The molecular formula is C13H19N3O3. The van der Waals surface area contributed by atoms with E-state index in [4.69, 9.17) is 15.2 Å². The van der Waals surface area contributed by atoms with Crippen LogP contribution in [0.1, 0.15) is 24.7 Å². The van der Waals surface area contributed by atoms with Gasteiger partial charge in [-0.1, -0.05) is 0 Å². The highest BCUT2D eigenvalue weighted by atomic mass is 16.5. The molecule has 2 unspecified atom stereocenters. The fourth-order valence-electron chi connectivity index (χ4n) is 2.53. The number of ether oxygens (including phenoxy) is 2. The molecule has 6 heteroatoms. The molecule has 0 bridgehead atoms. The van der Waals surface area contributed by atoms with Gasteiger partial charge in [-0.25, -0.2) is 4.98 Å². The second-order valence-electron chi connectivity index (χ2n) is 5.05. The molecule has 0 radical (unpaired) electrons. The number of methoxy groups -OCH3 is 1. The maximum atomic E-state index is 11.5. The van der Waals surface area contributed by atoms with Crippen molar-refractivity contribution in [1.82, 2.24) is 9.97 Å². The molecule has 1 aliphatic heterocycles. The standard InChI is InChI=1S/C13H19N3O3/c1-8-7-15-10(12(16-8)18-3)6-13(2)9(11(14)17)4-5-19-13/h7,9H,4-6H2,1-3H3,(H2,14,17). The Morgan fingerprint density at radius 1 is 1.68 bits per heavy atom. The lowest BCUT2D eigenvalue weighted by atomic mass is 9.84. The molecular weight excluding hydrogens is 246 g/mol. The zero-order valence-electron chi connectivity index (χ0n) is 11.5. The van der Waals surface area contributed by atoms with E-state index >= 15 is 0 Å². The highest BCUT2D eigenvalue weighted by Crippen LogP contribution is 2.35. The predicted molar refractivity (Wildman–Crippen MR) is 68.7 cm³/mol. The van der Waals surface area contributed by atoms with E-state index < -0.39 is 5.60 Å². The number of aromatic nitrogens is 2. The normalized spacial score (nSPS) is 26.4. The summed E-state index contributed by atoms with van der Waals surface area (Å²) in [6.07, 6.45) is 2.78. The highest BCUT2D eigenvalue weighted by molar-refractivity contribution is 5.78. The summed E-state index contributed by atoms with van der Waals surface area (Å²) in [7, 11) is 1.55. The van der Waals surface area contributed by atoms with Gasteiger partial charge in [-0.05, 0) is 20.3 Å². The molecule has 2 rings (SSSR count). The van der Waals surface area contributed by atoms with Crippen LogP contribution < -0.4 is 10.5 Å². The first kappa shape index (κ1) is 13.7. The van der Waals surface area contributed by atoms with Crippen molar-refractivity contribution in [1.29, 1.82) is 0 Å². The summed E-state index contributed by atoms with van der Waals surface area (Å²) in [5.41, 5.74) is 6.27. The van der Waals surface area contributed by atoms with Crippen molar-refractivity contribution in [3.63, 3.8) is 0 Å². The zero-order valence-corrected chi connectivity index (χ0v) is 11.5. The van der Waals surface area contributed by atoms with Crippen LogP contribution in [-0.2, 0) is 16.0 Å². The summed E-state index contributed by atoms with van der Waals surface area (Å²) in [5, 5.41) is 0. The Balaban J connectivity index is 2.27. The molecule has 0 spiro atoms. The summed E-state index contributed by atoms with van der Waals surface area (Å²) in [5.74, 6) is -0.167. The van der Waals surface area contributed by atoms with E-state index in [1.165, 1.54) is 0 Å². The largest absolute Gasteiger partial charge is 0.480 e. The van der Waals surface area contributed by atoms with Crippen molar-refractivity contribution < 1.29 is 14.3 Å². The van der Waals surface area contributed by atoms with Crippen LogP contribution in [0.15, 0.2) is 6.20 Å². The van der Waals surface area contributed by atoms with Crippen LogP contribution in [0.3, 0.4) is 0 Å². The predicted octanol–water partition coefficient (Wildman–Crippen LogP) is 0.617. The summed E-state index contributed by atoms with van der Waals surface area (Å²) < 4.78 is 11.0. The number of rotatable bonds is 4. The van der Waals surface area contributed by atoms with Crippen LogP contribution >= 0.6 is 0 Å². The maximum absolute atomic E-state index is 11.5. The van der Waals surface area contributed by atoms with Crippen molar-refractivity contribution in [2.24, 2.45) is 11.7 Å². The third-order valence-corrected chi connectivity index (χ3v) is 3.56. The van der Waals surface area contributed by atoms with Crippen molar-refractivity contribution in [3.8, 4) is 5.88 Å². The van der Waals surface area contributed by atoms with Crippen molar-refractivity contribution >= 4 is 5.91 Å². The summed E-state index contributed by atoms with van der Waals surface area (Å²) in [4.78, 5) is 20.1. The Kier molecular flexibility index (Phi) is 3.71. The van der Waals surface area contributed by atoms with E-state index in [-0.39, 0.29) is 11.8 Å². The molecule has 2 N–H and O–H groups in total. The van der Waals surface area contributed by atoms with Crippen molar-refractivity contribution in [3.05, 3.63) is 17.6 Å². The molecule has 1 aromatic heterocycles. The third-order valence-electron chi connectivity index (χ3n) is 3.56. The number of nitrogens with two attached hydrogens (primary N) is 1. The topological polar surface area (TPSA) is 87.3 Å². The average molecular weight is 265 g/mol. The molecule has 0 saturated carbocycles. The Morgan fingerprint density at radius 2 is 2.42 bits per heavy atom. The number of hydrogen-bond donors (Lipinski definition) is 1. The van der Waals surface area contributed by atoms with Gasteiger partial charge in [-0.2, -0.15) is 0 Å². The molecule has 2 atom stereocenters. The van der Waals surface area contributed by atoms with E-state index in [9.17, 15) is 4.79 Å². The fourth-order valence-corrected chi connectivity index (χ4v) is 2.53. The van der Waals surface area contributed by atoms with Crippen LogP contribution in [0.4, 0.5) is 0 Å². The van der Waals surface area contributed by atoms with Crippen LogP contribution in [0.2, 0.25) is 0 Å². The second-order valence-corrected chi connectivity index (χ2v) is 5.05. The third kappa shape index (κ3) is 2.68. The van der Waals surface area contributed by atoms with Gasteiger partial charge in [0, 0.05) is 19.2 Å². The SMILES string of the molecule is COc1nc(C)cnc1CC1(C)OCCC1C(N)=O. The molecule has 1 aliphatic rings. The molecule has 19 heavy (non-hydrogen) atoms. The minimum Gasteiger partial charge on any atom is -0.480 e. The van der Waals surface area contributed by atoms with Gasteiger partial charge in [0.25, 0.3) is 0 Å². The summed E-state index contributed by atoms with van der Waals surface area (Å²) >= 11 is 0. The van der Waals surface area contributed by atoms with Gasteiger partial charge in [-0.3, -0.25) is 9.78 Å². The molecule has 0 aromatic carbocycles. The Morgan fingerprint density at radius 3 is 3.05 bits per heavy atom. The molecule has 1 fully saturated rings. The van der Waals surface area contributed by atoms with Crippen LogP contribution in [0.5, 0.6) is 5.88 Å². The molecule has 1 aromatic rings. The zero-order chi connectivity index (χ0) is 14.0. The van der Waals surface area contributed by atoms with Gasteiger partial charge in [0.1, 0.15) is 5.69 Å². The number of nitrogens with zero attached hydrogens (tertiary/aromatic N) is 2. The van der Waals surface area contributed by atoms with E-state index in [1.54, 1.807) is 13.3 Å². The Bertz CT molecular complexity index is 492. The Labute approximate surface area is 112 Å². The van der Waals surface area contributed by atoms with Gasteiger partial charge in [0.2, 0.25) is 11.8 Å². The maximum Gasteiger partial charge on any atom is 0.235 e. The lowest BCUT2D eigenvalue weighted by molar-refractivity contribution is -0.127. The Hall–Kier alpha value is -1.69. The molecule has 1 saturated heterocycles.